The number of nitrogens with zero attached hydrogens (tertiary/aromatic N) is 10. The maximum atomic E-state index is 14.7. The molecule has 3 fully saturated rings. The van der Waals surface area contributed by atoms with E-state index in [-0.39, 0.29) is 41.9 Å². The molecule has 21 heteroatoms. The smallest absolute Gasteiger partial charge is 0.320 e. The number of benzene rings is 2. The molecule has 2 aromatic carbocycles. The van der Waals surface area contributed by atoms with E-state index in [1.165, 1.54) is 31.4 Å². The van der Waals surface area contributed by atoms with Crippen molar-refractivity contribution in [2.24, 2.45) is 0 Å². The van der Waals surface area contributed by atoms with Gasteiger partial charge in [0.2, 0.25) is 11.8 Å². The molecule has 1 aliphatic carbocycles. The summed E-state index contributed by atoms with van der Waals surface area (Å²) in [4.78, 5) is 34.2. The van der Waals surface area contributed by atoms with Gasteiger partial charge in [0.1, 0.15) is 41.2 Å². The van der Waals surface area contributed by atoms with Crippen LogP contribution in [-0.2, 0) is 24.4 Å². The first-order valence-electron chi connectivity index (χ1n) is 25.7. The number of aliphatic hydroxyl groups is 1. The number of halogens is 5. The zero-order chi connectivity index (χ0) is 55.1. The molecule has 0 bridgehead atoms. The molecule has 3 aliphatic rings. The lowest BCUT2D eigenvalue weighted by molar-refractivity contribution is -0.168. The average molecular weight is 1060 g/mol. The first kappa shape index (κ1) is 57.0. The fourth-order valence-corrected chi connectivity index (χ4v) is 9.27. The van der Waals surface area contributed by atoms with Crippen molar-refractivity contribution in [2.45, 2.75) is 123 Å². The van der Waals surface area contributed by atoms with Gasteiger partial charge in [0.15, 0.2) is 11.3 Å². The van der Waals surface area contributed by atoms with Crippen molar-refractivity contribution in [2.75, 3.05) is 76.1 Å². The molecule has 6 heterocycles. The molecule has 3 N–H and O–H groups in total. The van der Waals surface area contributed by atoms with Crippen LogP contribution in [0.4, 0.5) is 39.3 Å². The number of nitriles is 1. The molecule has 0 spiro atoms. The quantitative estimate of drug-likeness (QED) is 0.0733. The molecule has 2 aliphatic heterocycles. The Kier molecular flexibility index (Phi) is 18.0. The summed E-state index contributed by atoms with van der Waals surface area (Å²) in [6.45, 7) is 17.5. The number of methoxy groups -OCH3 is 2. The second-order valence-corrected chi connectivity index (χ2v) is 19.8. The SMILES string of the molecule is CC.COc1nc2nc(C)nc(NCc3cccc(C(F)(F)C(C)(C)O)c3)c2cc1N1CCN(C(C)C)CC1.COc1nc2nc(OCC3CCCN3C)nc(NCc3cccc(C(F)F)c3F)c2cc1C1(C#N)CC1. The number of fused-ring (bicyclic) bond motifs is 2. The molecule has 16 nitrogen and oxygen atoms in total. The number of nitrogens with one attached hydrogen (secondary N) is 2. The minimum Gasteiger partial charge on any atom is -0.481 e. The number of likely N-dealkylation sites (N-methyl/N-ethyl adjacent to an activating group) is 1. The Morgan fingerprint density at radius 3 is 2.11 bits per heavy atom. The summed E-state index contributed by atoms with van der Waals surface area (Å²) in [5, 5.41) is 27.3. The Morgan fingerprint density at radius 2 is 1.49 bits per heavy atom. The van der Waals surface area contributed by atoms with Crippen LogP contribution in [0.3, 0.4) is 0 Å². The first-order valence-corrected chi connectivity index (χ1v) is 25.7. The highest BCUT2D eigenvalue weighted by atomic mass is 19.3. The monoisotopic (exact) mass is 1060 g/mol. The van der Waals surface area contributed by atoms with Gasteiger partial charge in [-0.15, -0.1) is 0 Å². The molecule has 76 heavy (non-hydrogen) atoms. The summed E-state index contributed by atoms with van der Waals surface area (Å²) in [6.07, 6.45) is 0.521. The number of rotatable bonds is 17. The molecule has 9 rings (SSSR count). The predicted molar refractivity (Wildman–Crippen MR) is 283 cm³/mol. The lowest BCUT2D eigenvalue weighted by atomic mass is 9.92. The highest BCUT2D eigenvalue weighted by molar-refractivity contribution is 5.91. The Morgan fingerprint density at radius 1 is 0.842 bits per heavy atom. The van der Waals surface area contributed by atoms with E-state index in [1.807, 2.05) is 27.0 Å². The van der Waals surface area contributed by atoms with Crippen molar-refractivity contribution < 1.29 is 41.3 Å². The third-order valence-electron chi connectivity index (χ3n) is 14.0. The maximum Gasteiger partial charge on any atom is 0.320 e. The molecule has 1 saturated carbocycles. The highest BCUT2D eigenvalue weighted by Crippen LogP contribution is 2.51. The minimum atomic E-state index is -3.39. The van der Waals surface area contributed by atoms with Gasteiger partial charge in [0.25, 0.3) is 6.43 Å². The van der Waals surface area contributed by atoms with Gasteiger partial charge < -0.3 is 39.8 Å². The lowest BCUT2D eigenvalue weighted by Crippen LogP contribution is -2.49. The minimum absolute atomic E-state index is 0.0667. The fraction of sp³-hybridized carbons (Fsp3) is 0.509. The van der Waals surface area contributed by atoms with Gasteiger partial charge in [0.05, 0.1) is 42.0 Å². The van der Waals surface area contributed by atoms with Crippen LogP contribution in [0, 0.1) is 24.1 Å². The van der Waals surface area contributed by atoms with Gasteiger partial charge in [-0.2, -0.15) is 34.0 Å². The molecule has 0 radical (unpaired) electrons. The topological polar surface area (TPSA) is 183 Å². The molecular weight excluding hydrogens is 988 g/mol. The van der Waals surface area contributed by atoms with Crippen LogP contribution in [0.2, 0.25) is 0 Å². The molecule has 4 aromatic heterocycles. The van der Waals surface area contributed by atoms with Crippen LogP contribution in [0.5, 0.6) is 17.8 Å². The van der Waals surface area contributed by atoms with Crippen LogP contribution < -0.4 is 29.7 Å². The number of aryl methyl sites for hydroxylation is 1. The lowest BCUT2D eigenvalue weighted by Gasteiger charge is -2.38. The zero-order valence-corrected chi connectivity index (χ0v) is 44.9. The molecule has 0 amide bonds. The van der Waals surface area contributed by atoms with Crippen molar-refractivity contribution in [3.8, 4) is 23.8 Å². The zero-order valence-electron chi connectivity index (χ0n) is 44.9. The van der Waals surface area contributed by atoms with Crippen LogP contribution in [-0.4, -0.2) is 123 Å². The van der Waals surface area contributed by atoms with E-state index in [0.717, 1.165) is 76.6 Å². The summed E-state index contributed by atoms with van der Waals surface area (Å²) in [5.41, 5.74) is -0.780. The van der Waals surface area contributed by atoms with Gasteiger partial charge in [-0.25, -0.2) is 23.1 Å². The van der Waals surface area contributed by atoms with E-state index in [1.54, 1.807) is 32.2 Å². The third kappa shape index (κ3) is 12.6. The molecular formula is C55H69F5N12O4. The Balaban J connectivity index is 0.000000214. The van der Waals surface area contributed by atoms with Gasteiger partial charge in [-0.1, -0.05) is 50.2 Å². The van der Waals surface area contributed by atoms with E-state index >= 15 is 0 Å². The van der Waals surface area contributed by atoms with E-state index in [9.17, 15) is 32.3 Å². The van der Waals surface area contributed by atoms with Gasteiger partial charge in [0, 0.05) is 68.0 Å². The van der Waals surface area contributed by atoms with Crippen LogP contribution in [0.25, 0.3) is 22.1 Å². The maximum absolute atomic E-state index is 14.7. The third-order valence-corrected chi connectivity index (χ3v) is 14.0. The Hall–Kier alpha value is -6.76. The van der Waals surface area contributed by atoms with Gasteiger partial charge >= 0.3 is 11.9 Å². The van der Waals surface area contributed by atoms with Crippen LogP contribution >= 0.6 is 0 Å². The number of anilines is 3. The summed E-state index contributed by atoms with van der Waals surface area (Å²) in [6, 6.07) is 16.9. The number of ether oxygens (including phenoxy) is 3. The number of aromatic nitrogens is 6. The van der Waals surface area contributed by atoms with Gasteiger partial charge in [-0.3, -0.25) is 4.90 Å². The predicted octanol–water partition coefficient (Wildman–Crippen LogP) is 10.1. The van der Waals surface area contributed by atoms with E-state index in [4.69, 9.17) is 14.2 Å². The second kappa shape index (κ2) is 24.1. The van der Waals surface area contributed by atoms with Crippen molar-refractivity contribution in [3.05, 3.63) is 94.1 Å². The van der Waals surface area contributed by atoms with E-state index in [2.05, 4.69) is 75.2 Å². The van der Waals surface area contributed by atoms with E-state index < -0.39 is 34.7 Å². The largest absolute Gasteiger partial charge is 0.481 e. The number of piperazine rings is 1. The number of pyridine rings is 2. The number of hydrogen-bond donors (Lipinski definition) is 3. The Bertz CT molecular complexity index is 3010. The molecule has 1 unspecified atom stereocenters. The number of hydrogen-bond acceptors (Lipinski definition) is 16. The molecule has 6 aromatic rings. The van der Waals surface area contributed by atoms with Gasteiger partial charge in [-0.05, 0) is 97.7 Å². The van der Waals surface area contributed by atoms with Crippen molar-refractivity contribution in [3.63, 3.8) is 0 Å². The second-order valence-electron chi connectivity index (χ2n) is 19.8. The van der Waals surface area contributed by atoms with Crippen molar-refractivity contribution >= 4 is 39.4 Å². The molecule has 1 atom stereocenters. The summed E-state index contributed by atoms with van der Waals surface area (Å²) in [5.74, 6) is -2.15. The van der Waals surface area contributed by atoms with E-state index in [0.29, 0.717) is 76.9 Å². The summed E-state index contributed by atoms with van der Waals surface area (Å²) < 4.78 is 87.5. The molecule has 2 saturated heterocycles. The average Bonchev–Trinajstić information content (AvgIpc) is 4.10. The standard InChI is InChI=1S/C27H36F2N6O2.C26H27F3N6O2.C2H6/c1-17(2)34-10-12-35(13-11-34)22-15-21-23(31-18(3)32-24(21)33-25(22)37-6)30-16-19-8-7-9-20(14-19)27(28,29)26(4,5)36;1-35-10-4-6-16(35)13-37-25-33-22(31-12-15-5-3-7-17(20(15)27)21(28)29)18-11-19(26(14-30)8-9-26)24(36-2)32-23(18)34-25;1-2/h7-9,14-15,17,36H,10-13,16H2,1-6H3,(H,30,31,32,33);3,5,7,11,16,21H,4,6,8-10,12-13H2,1-2H3,(H,31,32,33,34);1-2H3. The number of alkyl halides is 4. The molecule has 408 valence electrons. The summed E-state index contributed by atoms with van der Waals surface area (Å²) >= 11 is 0. The number of likely N-dealkylation sites (tertiary alicyclic amines) is 1. The first-order chi connectivity index (χ1) is 36.2. The van der Waals surface area contributed by atoms with Crippen molar-refractivity contribution in [1.29, 1.82) is 5.26 Å². The highest BCUT2D eigenvalue weighted by Gasteiger charge is 2.48. The van der Waals surface area contributed by atoms with Crippen LogP contribution in [0.1, 0.15) is 107 Å². The van der Waals surface area contributed by atoms with Crippen LogP contribution in [0.15, 0.2) is 54.6 Å². The fourth-order valence-electron chi connectivity index (χ4n) is 9.27. The Labute approximate surface area is 441 Å². The van der Waals surface area contributed by atoms with Crippen molar-refractivity contribution in [1.82, 2.24) is 39.7 Å². The normalized spacial score (nSPS) is 16.7. The summed E-state index contributed by atoms with van der Waals surface area (Å²) in [7, 11) is 5.12.